The Morgan fingerprint density at radius 1 is 1.10 bits per heavy atom. The molecule has 3 aromatic rings. The Labute approximate surface area is 174 Å². The van der Waals surface area contributed by atoms with Crippen molar-refractivity contribution in [3.63, 3.8) is 0 Å². The summed E-state index contributed by atoms with van der Waals surface area (Å²) in [5, 5.41) is 8.29. The zero-order valence-corrected chi connectivity index (χ0v) is 16.4. The Hall–Kier alpha value is -3.20. The first-order valence-electron chi connectivity index (χ1n) is 8.76. The van der Waals surface area contributed by atoms with Crippen LogP contribution in [0, 0.1) is 0 Å². The third-order valence-corrected chi connectivity index (χ3v) is 4.07. The average Bonchev–Trinajstić information content (AvgIpc) is 2.70. The van der Waals surface area contributed by atoms with Gasteiger partial charge in [-0.05, 0) is 43.3 Å². The summed E-state index contributed by atoms with van der Waals surface area (Å²) in [6.45, 7) is 1.83. The summed E-state index contributed by atoms with van der Waals surface area (Å²) in [5.74, 6) is -0.383. The Morgan fingerprint density at radius 2 is 1.83 bits per heavy atom. The van der Waals surface area contributed by atoms with Crippen LogP contribution >= 0.6 is 11.6 Å². The van der Waals surface area contributed by atoms with Crippen LogP contribution in [0.3, 0.4) is 0 Å². The highest BCUT2D eigenvalue weighted by Crippen LogP contribution is 2.32. The zero-order chi connectivity index (χ0) is 21.7. The largest absolute Gasteiger partial charge is 0.466 e. The van der Waals surface area contributed by atoms with E-state index in [1.54, 1.807) is 31.2 Å². The van der Waals surface area contributed by atoms with Crippen molar-refractivity contribution in [3.05, 3.63) is 64.8 Å². The van der Waals surface area contributed by atoms with Gasteiger partial charge in [0.15, 0.2) is 5.82 Å². The fraction of sp³-hybridized carbons (Fsp3) is 0.200. The van der Waals surface area contributed by atoms with Gasteiger partial charge in [-0.3, -0.25) is 4.79 Å². The molecule has 156 valence electrons. The van der Waals surface area contributed by atoms with Gasteiger partial charge in [-0.15, -0.1) is 10.2 Å². The average molecular weight is 438 g/mol. The summed E-state index contributed by atoms with van der Waals surface area (Å²) in [6, 6.07) is 10.8. The monoisotopic (exact) mass is 437 g/mol. The molecule has 0 bridgehead atoms. The molecule has 0 saturated carbocycles. The minimum absolute atomic E-state index is 0.0761. The lowest BCUT2D eigenvalue weighted by molar-refractivity contribution is -0.142. The smallest absolute Gasteiger partial charge is 0.416 e. The molecule has 0 unspecified atom stereocenters. The molecular formula is C20H15ClF3N3O3. The van der Waals surface area contributed by atoms with Crippen molar-refractivity contribution in [2.24, 2.45) is 0 Å². The second-order valence-corrected chi connectivity index (χ2v) is 6.44. The minimum Gasteiger partial charge on any atom is -0.466 e. The minimum atomic E-state index is -4.52. The number of esters is 1. The van der Waals surface area contributed by atoms with Crippen LogP contribution in [0.2, 0.25) is 5.02 Å². The summed E-state index contributed by atoms with van der Waals surface area (Å²) >= 11 is 5.86. The molecule has 0 spiro atoms. The number of nitrogens with zero attached hydrogens (tertiary/aromatic N) is 3. The maximum Gasteiger partial charge on any atom is 0.416 e. The van der Waals surface area contributed by atoms with Crippen LogP contribution in [0.1, 0.15) is 18.2 Å². The Bertz CT molecular complexity index is 1040. The third-order valence-electron chi connectivity index (χ3n) is 3.81. The number of halogens is 4. The summed E-state index contributed by atoms with van der Waals surface area (Å²) in [5.41, 5.74) is -0.667. The lowest BCUT2D eigenvalue weighted by Crippen LogP contribution is -2.12. The molecule has 1 heterocycles. The molecule has 1 aromatic heterocycles. The summed E-state index contributed by atoms with van der Waals surface area (Å²) in [4.78, 5) is 16.0. The highest BCUT2D eigenvalue weighted by Gasteiger charge is 2.30. The summed E-state index contributed by atoms with van der Waals surface area (Å²) < 4.78 is 49.7. The van der Waals surface area contributed by atoms with E-state index in [-0.39, 0.29) is 36.0 Å². The van der Waals surface area contributed by atoms with Crippen LogP contribution in [-0.4, -0.2) is 27.8 Å². The van der Waals surface area contributed by atoms with Crippen molar-refractivity contribution in [1.82, 2.24) is 15.2 Å². The van der Waals surface area contributed by atoms with E-state index >= 15 is 0 Å². The molecule has 0 aliphatic heterocycles. The first-order chi connectivity index (χ1) is 14.3. The van der Waals surface area contributed by atoms with Crippen LogP contribution < -0.4 is 4.74 Å². The van der Waals surface area contributed by atoms with Gasteiger partial charge in [0.2, 0.25) is 5.88 Å². The van der Waals surface area contributed by atoms with Crippen LogP contribution in [-0.2, 0) is 22.1 Å². The second kappa shape index (κ2) is 9.08. The quantitative estimate of drug-likeness (QED) is 0.499. The topological polar surface area (TPSA) is 74.2 Å². The van der Waals surface area contributed by atoms with E-state index in [1.165, 1.54) is 12.1 Å². The van der Waals surface area contributed by atoms with Crippen LogP contribution in [0.5, 0.6) is 11.6 Å². The molecular weight excluding hydrogens is 423 g/mol. The number of ether oxygens (including phenoxy) is 2. The molecule has 2 aromatic carbocycles. The van der Waals surface area contributed by atoms with E-state index in [0.717, 1.165) is 12.1 Å². The van der Waals surface area contributed by atoms with Gasteiger partial charge < -0.3 is 9.47 Å². The Kier molecular flexibility index (Phi) is 6.51. The maximum atomic E-state index is 13.0. The predicted octanol–water partition coefficient (Wildman–Crippen LogP) is 5.11. The van der Waals surface area contributed by atoms with Crippen LogP contribution in [0.4, 0.5) is 13.2 Å². The highest BCUT2D eigenvalue weighted by atomic mass is 35.5. The SMILES string of the molecule is CCOC(=O)Cc1nnc(-c2cccc(C(F)(F)F)c2)nc1Oc1ccc(Cl)cc1. The molecule has 0 amide bonds. The van der Waals surface area contributed by atoms with Gasteiger partial charge in [-0.1, -0.05) is 23.7 Å². The van der Waals surface area contributed by atoms with Crippen molar-refractivity contribution in [3.8, 4) is 23.0 Å². The van der Waals surface area contributed by atoms with Gasteiger partial charge >= 0.3 is 12.1 Å². The number of aromatic nitrogens is 3. The number of carbonyl (C=O) groups is 1. The van der Waals surface area contributed by atoms with E-state index in [2.05, 4.69) is 15.2 Å². The first-order valence-corrected chi connectivity index (χ1v) is 9.14. The molecule has 0 N–H and O–H groups in total. The molecule has 3 rings (SSSR count). The molecule has 0 saturated heterocycles. The standard InChI is InChI=1S/C20H15ClF3N3O3/c1-2-29-17(28)11-16-19(30-15-8-6-14(21)7-9-15)25-18(27-26-16)12-4-3-5-13(10-12)20(22,23)24/h3-10H,2,11H2,1H3. The van der Waals surface area contributed by atoms with Crippen molar-refractivity contribution >= 4 is 17.6 Å². The molecule has 0 aliphatic rings. The van der Waals surface area contributed by atoms with Crippen LogP contribution in [0.25, 0.3) is 11.4 Å². The van der Waals surface area contributed by atoms with Crippen molar-refractivity contribution in [2.45, 2.75) is 19.5 Å². The number of hydrogen-bond donors (Lipinski definition) is 0. The van der Waals surface area contributed by atoms with Gasteiger partial charge in [-0.2, -0.15) is 18.2 Å². The highest BCUT2D eigenvalue weighted by molar-refractivity contribution is 6.30. The number of hydrogen-bond acceptors (Lipinski definition) is 6. The first kappa shape index (κ1) is 21.5. The van der Waals surface area contributed by atoms with E-state index in [1.807, 2.05) is 0 Å². The molecule has 10 heteroatoms. The maximum absolute atomic E-state index is 13.0. The van der Waals surface area contributed by atoms with Crippen molar-refractivity contribution in [2.75, 3.05) is 6.61 Å². The fourth-order valence-corrected chi connectivity index (χ4v) is 2.57. The molecule has 0 atom stereocenters. The number of carbonyl (C=O) groups excluding carboxylic acids is 1. The Balaban J connectivity index is 2.00. The van der Waals surface area contributed by atoms with E-state index < -0.39 is 17.7 Å². The molecule has 30 heavy (non-hydrogen) atoms. The second-order valence-electron chi connectivity index (χ2n) is 6.00. The third kappa shape index (κ3) is 5.44. The van der Waals surface area contributed by atoms with Crippen LogP contribution in [0.15, 0.2) is 48.5 Å². The van der Waals surface area contributed by atoms with E-state index in [4.69, 9.17) is 21.1 Å². The lowest BCUT2D eigenvalue weighted by Gasteiger charge is -2.11. The lowest BCUT2D eigenvalue weighted by atomic mass is 10.1. The molecule has 6 nitrogen and oxygen atoms in total. The van der Waals surface area contributed by atoms with Crippen molar-refractivity contribution < 1.29 is 27.4 Å². The van der Waals surface area contributed by atoms with Gasteiger partial charge in [0.05, 0.1) is 18.6 Å². The van der Waals surface area contributed by atoms with E-state index in [9.17, 15) is 18.0 Å². The van der Waals surface area contributed by atoms with Crippen molar-refractivity contribution in [1.29, 1.82) is 0 Å². The van der Waals surface area contributed by atoms with Gasteiger partial charge in [0.25, 0.3) is 0 Å². The molecule has 0 fully saturated rings. The number of rotatable bonds is 6. The normalized spacial score (nSPS) is 11.2. The molecule has 0 radical (unpaired) electrons. The number of alkyl halides is 3. The Morgan fingerprint density at radius 3 is 2.50 bits per heavy atom. The van der Waals surface area contributed by atoms with Gasteiger partial charge in [0.1, 0.15) is 11.4 Å². The van der Waals surface area contributed by atoms with Gasteiger partial charge in [-0.25, -0.2) is 0 Å². The summed E-state index contributed by atoms with van der Waals surface area (Å²) in [7, 11) is 0. The predicted molar refractivity (Wildman–Crippen MR) is 102 cm³/mol. The fourth-order valence-electron chi connectivity index (χ4n) is 2.45. The molecule has 0 aliphatic carbocycles. The summed E-state index contributed by atoms with van der Waals surface area (Å²) in [6.07, 6.45) is -4.78. The van der Waals surface area contributed by atoms with Gasteiger partial charge in [0, 0.05) is 10.6 Å². The number of benzene rings is 2. The zero-order valence-electron chi connectivity index (χ0n) is 15.6. The van der Waals surface area contributed by atoms with E-state index in [0.29, 0.717) is 10.8 Å².